The average Bonchev–Trinajstić information content (AvgIpc) is 3.20. The van der Waals surface area contributed by atoms with E-state index in [4.69, 9.17) is 0 Å². The minimum absolute atomic E-state index is 0.0465. The first-order valence-electron chi connectivity index (χ1n) is 10.8. The maximum Gasteiger partial charge on any atom is 0.227 e. The molecule has 4 rings (SSSR count). The van der Waals surface area contributed by atoms with Gasteiger partial charge in [0.2, 0.25) is 21.8 Å². The molecule has 7 nitrogen and oxygen atoms in total. The largest absolute Gasteiger partial charge is 0.326 e. The van der Waals surface area contributed by atoms with Gasteiger partial charge in [-0.3, -0.25) is 9.59 Å². The summed E-state index contributed by atoms with van der Waals surface area (Å²) < 4.78 is 27.9. The first-order valence-corrected chi connectivity index (χ1v) is 13.2. The van der Waals surface area contributed by atoms with Crippen LogP contribution in [0.2, 0.25) is 0 Å². The van der Waals surface area contributed by atoms with Crippen LogP contribution >= 0.6 is 15.9 Å². The van der Waals surface area contributed by atoms with Gasteiger partial charge in [0.1, 0.15) is 0 Å². The summed E-state index contributed by atoms with van der Waals surface area (Å²) in [5.74, 6) is -0.246. The number of rotatable bonds is 6. The van der Waals surface area contributed by atoms with Gasteiger partial charge in [0, 0.05) is 47.8 Å². The number of nitrogens with one attached hydrogen (secondary N) is 1. The van der Waals surface area contributed by atoms with Gasteiger partial charge >= 0.3 is 0 Å². The molecular weight excluding hydrogens is 494 g/mol. The van der Waals surface area contributed by atoms with Crippen LogP contribution in [0.4, 0.5) is 11.4 Å². The second-order valence-electron chi connectivity index (χ2n) is 8.24. The molecule has 2 saturated heterocycles. The Kier molecular flexibility index (Phi) is 6.97. The Morgan fingerprint density at radius 1 is 1.06 bits per heavy atom. The Balaban J connectivity index is 1.30. The molecule has 2 aromatic rings. The minimum Gasteiger partial charge on any atom is -0.326 e. The quantitative estimate of drug-likeness (QED) is 0.629. The van der Waals surface area contributed by atoms with Crippen LogP contribution in [0.5, 0.6) is 0 Å². The number of sulfonamides is 1. The minimum atomic E-state index is -3.43. The van der Waals surface area contributed by atoms with Crippen molar-refractivity contribution in [1.29, 1.82) is 0 Å². The number of nitrogens with zero attached hydrogens (tertiary/aromatic N) is 2. The fraction of sp³-hybridized carbons (Fsp3) is 0.391. The monoisotopic (exact) mass is 519 g/mol. The van der Waals surface area contributed by atoms with Crippen molar-refractivity contribution in [2.45, 2.75) is 31.4 Å². The van der Waals surface area contributed by atoms with Crippen LogP contribution in [0.3, 0.4) is 0 Å². The number of hydrogen-bond acceptors (Lipinski definition) is 4. The number of carbonyl (C=O) groups is 2. The van der Waals surface area contributed by atoms with Gasteiger partial charge in [0.05, 0.1) is 5.75 Å². The molecule has 1 N–H and O–H groups in total. The van der Waals surface area contributed by atoms with Gasteiger partial charge < -0.3 is 10.2 Å². The maximum atomic E-state index is 12.8. The molecule has 0 unspecified atom stereocenters. The van der Waals surface area contributed by atoms with E-state index >= 15 is 0 Å². The highest BCUT2D eigenvalue weighted by molar-refractivity contribution is 9.10. The number of carbonyl (C=O) groups excluding carboxylic acids is 2. The normalized spacial score (nSPS) is 18.2. The molecule has 0 aromatic heterocycles. The molecule has 2 aliphatic rings. The fourth-order valence-electron chi connectivity index (χ4n) is 4.21. The van der Waals surface area contributed by atoms with Crippen molar-refractivity contribution < 1.29 is 18.0 Å². The van der Waals surface area contributed by atoms with Crippen LogP contribution in [0.15, 0.2) is 53.0 Å². The van der Waals surface area contributed by atoms with E-state index in [2.05, 4.69) is 21.2 Å². The highest BCUT2D eigenvalue weighted by Crippen LogP contribution is 2.26. The zero-order chi connectivity index (χ0) is 22.7. The molecule has 32 heavy (non-hydrogen) atoms. The molecule has 2 fully saturated rings. The lowest BCUT2D eigenvalue weighted by Gasteiger charge is -2.30. The molecule has 0 atom stereocenters. The number of amides is 2. The first-order chi connectivity index (χ1) is 15.3. The number of halogens is 1. The summed E-state index contributed by atoms with van der Waals surface area (Å²) in [6.07, 6.45) is 2.43. The molecule has 0 saturated carbocycles. The molecule has 170 valence electrons. The smallest absolute Gasteiger partial charge is 0.227 e. The molecule has 9 heteroatoms. The number of piperidine rings is 1. The van der Waals surface area contributed by atoms with Gasteiger partial charge in [-0.1, -0.05) is 28.1 Å². The molecule has 2 aromatic carbocycles. The number of hydrogen-bond donors (Lipinski definition) is 1. The van der Waals surface area contributed by atoms with E-state index in [0.29, 0.717) is 38.0 Å². The van der Waals surface area contributed by atoms with Gasteiger partial charge in [-0.25, -0.2) is 12.7 Å². The highest BCUT2D eigenvalue weighted by atomic mass is 79.9. The second kappa shape index (κ2) is 9.72. The third-order valence-electron chi connectivity index (χ3n) is 5.98. The average molecular weight is 520 g/mol. The van der Waals surface area contributed by atoms with Crippen molar-refractivity contribution in [3.63, 3.8) is 0 Å². The van der Waals surface area contributed by atoms with Crippen LogP contribution in [0, 0.1) is 5.92 Å². The van der Waals surface area contributed by atoms with Crippen LogP contribution in [-0.4, -0.2) is 44.2 Å². The lowest BCUT2D eigenvalue weighted by atomic mass is 9.97. The third-order valence-corrected chi connectivity index (χ3v) is 8.32. The van der Waals surface area contributed by atoms with Gasteiger partial charge in [-0.2, -0.15) is 0 Å². The van der Waals surface area contributed by atoms with Crippen LogP contribution in [-0.2, 0) is 25.4 Å². The predicted molar refractivity (Wildman–Crippen MR) is 128 cm³/mol. The molecule has 2 amide bonds. The molecule has 2 aliphatic heterocycles. The Labute approximate surface area is 197 Å². The summed E-state index contributed by atoms with van der Waals surface area (Å²) >= 11 is 3.37. The van der Waals surface area contributed by atoms with Crippen molar-refractivity contribution >= 4 is 49.1 Å². The van der Waals surface area contributed by atoms with E-state index < -0.39 is 10.0 Å². The maximum absolute atomic E-state index is 12.8. The first kappa shape index (κ1) is 22.9. The van der Waals surface area contributed by atoms with E-state index in [1.807, 2.05) is 30.3 Å². The molecule has 2 heterocycles. The van der Waals surface area contributed by atoms with Gasteiger partial charge in [-0.05, 0) is 61.2 Å². The zero-order valence-corrected chi connectivity index (χ0v) is 20.1. The summed E-state index contributed by atoms with van der Waals surface area (Å²) in [7, 11) is -3.43. The summed E-state index contributed by atoms with van der Waals surface area (Å²) in [5, 5.41) is 2.92. The number of anilines is 2. The van der Waals surface area contributed by atoms with Crippen molar-refractivity contribution in [2.75, 3.05) is 29.9 Å². The summed E-state index contributed by atoms with van der Waals surface area (Å²) in [6.45, 7) is 1.41. The van der Waals surface area contributed by atoms with Crippen LogP contribution in [0.1, 0.15) is 31.2 Å². The van der Waals surface area contributed by atoms with Crippen molar-refractivity contribution in [3.05, 3.63) is 58.6 Å². The highest BCUT2D eigenvalue weighted by Gasteiger charge is 2.31. The Morgan fingerprint density at radius 3 is 2.41 bits per heavy atom. The van der Waals surface area contributed by atoms with Crippen molar-refractivity contribution in [3.8, 4) is 0 Å². The molecular formula is C23H26BrN3O4S. The van der Waals surface area contributed by atoms with E-state index in [-0.39, 0.29) is 23.5 Å². The Hall–Kier alpha value is -2.23. The van der Waals surface area contributed by atoms with Crippen LogP contribution in [0.25, 0.3) is 0 Å². The van der Waals surface area contributed by atoms with Gasteiger partial charge in [0.15, 0.2) is 0 Å². The molecule has 0 spiro atoms. The fourth-order valence-corrected chi connectivity index (χ4v) is 6.21. The third kappa shape index (κ3) is 5.39. The van der Waals surface area contributed by atoms with E-state index in [1.165, 1.54) is 4.31 Å². The number of benzene rings is 2. The van der Waals surface area contributed by atoms with Crippen molar-refractivity contribution in [1.82, 2.24) is 4.31 Å². The lowest BCUT2D eigenvalue weighted by Crippen LogP contribution is -2.41. The standard InChI is InChI=1S/C23H26BrN3O4S/c24-19-4-1-3-17(15-19)16-32(30,31)26-13-10-18(11-14-26)23(29)25-20-6-8-21(9-7-20)27-12-2-5-22(27)28/h1,3-4,6-9,15,18H,2,5,10-14,16H2,(H,25,29). The van der Waals surface area contributed by atoms with Crippen molar-refractivity contribution in [2.24, 2.45) is 5.92 Å². The van der Waals surface area contributed by atoms with Crippen LogP contribution < -0.4 is 10.2 Å². The predicted octanol–water partition coefficient (Wildman–Crippen LogP) is 3.76. The van der Waals surface area contributed by atoms with Gasteiger partial charge in [0.25, 0.3) is 0 Å². The second-order valence-corrected chi connectivity index (χ2v) is 11.1. The summed E-state index contributed by atoms with van der Waals surface area (Å²) in [4.78, 5) is 26.3. The molecule has 0 bridgehead atoms. The molecule has 0 radical (unpaired) electrons. The van der Waals surface area contributed by atoms with E-state index in [9.17, 15) is 18.0 Å². The Bertz CT molecular complexity index is 1100. The SMILES string of the molecule is O=C(Nc1ccc(N2CCCC2=O)cc1)C1CCN(S(=O)(=O)Cc2cccc(Br)c2)CC1. The summed E-state index contributed by atoms with van der Waals surface area (Å²) in [6, 6.07) is 14.6. The molecule has 0 aliphatic carbocycles. The topological polar surface area (TPSA) is 86.8 Å². The zero-order valence-electron chi connectivity index (χ0n) is 17.7. The van der Waals surface area contributed by atoms with E-state index in [0.717, 1.165) is 28.7 Å². The van der Waals surface area contributed by atoms with Gasteiger partial charge in [-0.15, -0.1) is 0 Å². The van der Waals surface area contributed by atoms with E-state index in [1.54, 1.807) is 23.1 Å². The summed E-state index contributed by atoms with van der Waals surface area (Å²) in [5.41, 5.74) is 2.25. The lowest BCUT2D eigenvalue weighted by molar-refractivity contribution is -0.121. The Morgan fingerprint density at radius 2 is 1.78 bits per heavy atom.